The summed E-state index contributed by atoms with van der Waals surface area (Å²) in [6.07, 6.45) is 0. The van der Waals surface area contributed by atoms with Crippen LogP contribution >= 0.6 is 11.3 Å². The fourth-order valence-electron chi connectivity index (χ4n) is 2.47. The number of nitrogens with zero attached hydrogens (tertiary/aromatic N) is 1. The van der Waals surface area contributed by atoms with Gasteiger partial charge in [-0.2, -0.15) is 0 Å². The number of aryl methyl sites for hydroxylation is 2. The Kier molecular flexibility index (Phi) is 4.80. The van der Waals surface area contributed by atoms with Crippen LogP contribution in [0.15, 0.2) is 52.7 Å². The van der Waals surface area contributed by atoms with E-state index in [1.807, 2.05) is 18.4 Å². The van der Waals surface area contributed by atoms with Crippen LogP contribution in [0.5, 0.6) is 0 Å². The quantitative estimate of drug-likeness (QED) is 0.690. The van der Waals surface area contributed by atoms with Crippen molar-refractivity contribution >= 4 is 33.0 Å². The van der Waals surface area contributed by atoms with E-state index in [9.17, 15) is 13.2 Å². The Morgan fingerprint density at radius 1 is 1.15 bits per heavy atom. The molecular formula is C18H16N2O4S2. The highest BCUT2D eigenvalue weighted by atomic mass is 32.2. The molecule has 0 bridgehead atoms. The number of carbonyl (C=O) groups is 1. The third-order valence-electron chi connectivity index (χ3n) is 3.75. The molecule has 134 valence electrons. The minimum absolute atomic E-state index is 0.0627. The van der Waals surface area contributed by atoms with Crippen LogP contribution in [0.4, 0.5) is 5.69 Å². The van der Waals surface area contributed by atoms with E-state index in [-0.39, 0.29) is 10.5 Å². The normalized spacial score (nSPS) is 11.3. The first-order chi connectivity index (χ1) is 12.3. The summed E-state index contributed by atoms with van der Waals surface area (Å²) in [5, 5.41) is 11.9. The summed E-state index contributed by atoms with van der Waals surface area (Å²) in [6, 6.07) is 10.9. The zero-order valence-electron chi connectivity index (χ0n) is 14.1. The first kappa shape index (κ1) is 18.1. The maximum Gasteiger partial charge on any atom is 0.335 e. The van der Waals surface area contributed by atoms with Gasteiger partial charge in [0.15, 0.2) is 0 Å². The van der Waals surface area contributed by atoms with Gasteiger partial charge >= 0.3 is 5.97 Å². The predicted molar refractivity (Wildman–Crippen MR) is 101 cm³/mol. The number of carboxylic acids is 1. The highest BCUT2D eigenvalue weighted by molar-refractivity contribution is 7.92. The van der Waals surface area contributed by atoms with Gasteiger partial charge < -0.3 is 5.11 Å². The molecule has 0 aliphatic heterocycles. The zero-order chi connectivity index (χ0) is 18.9. The van der Waals surface area contributed by atoms with E-state index < -0.39 is 16.0 Å². The van der Waals surface area contributed by atoms with Crippen molar-refractivity contribution in [2.24, 2.45) is 0 Å². The Bertz CT molecular complexity index is 1090. The first-order valence-electron chi connectivity index (χ1n) is 7.65. The zero-order valence-corrected chi connectivity index (χ0v) is 15.7. The standard InChI is InChI=1S/C18H16N2O4S2/c1-11-6-7-14(18(21)22)9-17(11)26(23,24)20-15-5-3-4-13(8-15)16-10-25-12(2)19-16/h3-10,20H,1-2H3,(H,21,22). The average Bonchev–Trinajstić information content (AvgIpc) is 3.01. The van der Waals surface area contributed by atoms with Crippen LogP contribution in [0.2, 0.25) is 0 Å². The Morgan fingerprint density at radius 2 is 1.92 bits per heavy atom. The maximum absolute atomic E-state index is 12.7. The van der Waals surface area contributed by atoms with Gasteiger partial charge in [0.2, 0.25) is 0 Å². The molecule has 1 heterocycles. The first-order valence-corrected chi connectivity index (χ1v) is 10.0. The van der Waals surface area contributed by atoms with Crippen molar-refractivity contribution in [3.63, 3.8) is 0 Å². The lowest BCUT2D eigenvalue weighted by atomic mass is 10.1. The van der Waals surface area contributed by atoms with Crippen LogP contribution in [-0.2, 0) is 10.0 Å². The molecule has 0 amide bonds. The molecule has 2 aromatic carbocycles. The Hall–Kier alpha value is -2.71. The fraction of sp³-hybridized carbons (Fsp3) is 0.111. The summed E-state index contributed by atoms with van der Waals surface area (Å²) < 4.78 is 28.0. The monoisotopic (exact) mass is 388 g/mol. The summed E-state index contributed by atoms with van der Waals surface area (Å²) in [4.78, 5) is 15.5. The number of rotatable bonds is 5. The van der Waals surface area contributed by atoms with Gasteiger partial charge in [-0.1, -0.05) is 18.2 Å². The van der Waals surface area contributed by atoms with Crippen LogP contribution < -0.4 is 4.72 Å². The van der Waals surface area contributed by atoms with E-state index in [2.05, 4.69) is 9.71 Å². The van der Waals surface area contributed by atoms with Gasteiger partial charge in [0, 0.05) is 16.6 Å². The number of aromatic nitrogens is 1. The molecule has 3 rings (SSSR count). The third-order valence-corrected chi connectivity index (χ3v) is 6.05. The number of carboxylic acid groups (broad SMARTS) is 1. The van der Waals surface area contributed by atoms with Gasteiger partial charge in [0.05, 0.1) is 21.2 Å². The van der Waals surface area contributed by atoms with Gasteiger partial charge in [-0.15, -0.1) is 11.3 Å². The van der Waals surface area contributed by atoms with E-state index in [1.165, 1.54) is 23.5 Å². The molecule has 0 atom stereocenters. The largest absolute Gasteiger partial charge is 0.478 e. The molecule has 0 radical (unpaired) electrons. The molecule has 0 fully saturated rings. The van der Waals surface area contributed by atoms with Crippen molar-refractivity contribution in [3.05, 3.63) is 64.0 Å². The fourth-order valence-corrected chi connectivity index (χ4v) is 4.41. The van der Waals surface area contributed by atoms with Crippen molar-refractivity contribution in [1.29, 1.82) is 0 Å². The minimum atomic E-state index is -3.92. The summed E-state index contributed by atoms with van der Waals surface area (Å²) in [5.41, 5.74) is 2.34. The van der Waals surface area contributed by atoms with Crippen molar-refractivity contribution in [1.82, 2.24) is 4.98 Å². The van der Waals surface area contributed by atoms with Gasteiger partial charge in [-0.05, 0) is 43.7 Å². The number of nitrogens with one attached hydrogen (secondary N) is 1. The minimum Gasteiger partial charge on any atom is -0.478 e. The number of thiazole rings is 1. The van der Waals surface area contributed by atoms with Gasteiger partial charge in [-0.25, -0.2) is 18.2 Å². The molecule has 0 aliphatic carbocycles. The van der Waals surface area contributed by atoms with E-state index in [0.717, 1.165) is 22.3 Å². The summed E-state index contributed by atoms with van der Waals surface area (Å²) in [7, 11) is -3.92. The van der Waals surface area contributed by atoms with Crippen molar-refractivity contribution < 1.29 is 18.3 Å². The van der Waals surface area contributed by atoms with Crippen molar-refractivity contribution in [2.75, 3.05) is 4.72 Å². The highest BCUT2D eigenvalue weighted by Gasteiger charge is 2.19. The second-order valence-electron chi connectivity index (χ2n) is 5.72. The smallest absolute Gasteiger partial charge is 0.335 e. The van der Waals surface area contributed by atoms with E-state index in [1.54, 1.807) is 25.1 Å². The number of benzene rings is 2. The summed E-state index contributed by atoms with van der Waals surface area (Å²) >= 11 is 1.52. The van der Waals surface area contributed by atoms with Crippen LogP contribution in [-0.4, -0.2) is 24.5 Å². The molecule has 0 unspecified atom stereocenters. The highest BCUT2D eigenvalue weighted by Crippen LogP contribution is 2.26. The predicted octanol–water partition coefficient (Wildman–Crippen LogP) is 3.93. The van der Waals surface area contributed by atoms with Crippen LogP contribution in [0, 0.1) is 13.8 Å². The van der Waals surface area contributed by atoms with Crippen LogP contribution in [0.1, 0.15) is 20.9 Å². The van der Waals surface area contributed by atoms with Gasteiger partial charge in [-0.3, -0.25) is 4.72 Å². The van der Waals surface area contributed by atoms with E-state index in [4.69, 9.17) is 5.11 Å². The summed E-state index contributed by atoms with van der Waals surface area (Å²) in [6.45, 7) is 3.52. The van der Waals surface area contributed by atoms with Gasteiger partial charge in [0.25, 0.3) is 10.0 Å². The second kappa shape index (κ2) is 6.89. The molecule has 0 saturated carbocycles. The molecule has 0 saturated heterocycles. The lowest BCUT2D eigenvalue weighted by Crippen LogP contribution is -2.15. The Balaban J connectivity index is 1.96. The number of hydrogen-bond donors (Lipinski definition) is 2. The van der Waals surface area contributed by atoms with Crippen LogP contribution in [0.3, 0.4) is 0 Å². The molecular weight excluding hydrogens is 372 g/mol. The maximum atomic E-state index is 12.7. The van der Waals surface area contributed by atoms with Crippen LogP contribution in [0.25, 0.3) is 11.3 Å². The number of sulfonamides is 1. The second-order valence-corrected chi connectivity index (χ2v) is 8.44. The topological polar surface area (TPSA) is 96.4 Å². The Labute approximate surface area is 155 Å². The van der Waals surface area contributed by atoms with Gasteiger partial charge in [0.1, 0.15) is 0 Å². The lowest BCUT2D eigenvalue weighted by molar-refractivity contribution is 0.0696. The molecule has 1 aromatic heterocycles. The number of aromatic carboxylic acids is 1. The van der Waals surface area contributed by atoms with E-state index in [0.29, 0.717) is 11.3 Å². The van der Waals surface area contributed by atoms with Crippen molar-refractivity contribution in [3.8, 4) is 11.3 Å². The van der Waals surface area contributed by atoms with Crippen molar-refractivity contribution in [2.45, 2.75) is 18.7 Å². The molecule has 0 aliphatic rings. The number of anilines is 1. The lowest BCUT2D eigenvalue weighted by Gasteiger charge is -2.12. The molecule has 0 spiro atoms. The Morgan fingerprint density at radius 3 is 2.58 bits per heavy atom. The molecule has 2 N–H and O–H groups in total. The third kappa shape index (κ3) is 3.76. The van der Waals surface area contributed by atoms with E-state index >= 15 is 0 Å². The average molecular weight is 388 g/mol. The number of hydrogen-bond acceptors (Lipinski definition) is 5. The summed E-state index contributed by atoms with van der Waals surface area (Å²) in [5.74, 6) is -1.18. The molecule has 6 nitrogen and oxygen atoms in total. The molecule has 8 heteroatoms. The molecule has 26 heavy (non-hydrogen) atoms. The molecule has 3 aromatic rings. The SMILES string of the molecule is Cc1nc(-c2cccc(NS(=O)(=O)c3cc(C(=O)O)ccc3C)c2)cs1.